The standard InChI is InChI=1S/C22H27N3O2/c1-15-4-5-16(2)20(12-15)24-21(26)14-25(19-10-11-19)13-17-6-8-18(9-7-17)22(27)23-3/h4-9,12,19H,10-11,13-14H2,1-3H3,(H,23,27)(H,24,26). The first kappa shape index (κ1) is 19.1. The number of amides is 2. The van der Waals surface area contributed by atoms with Crippen LogP contribution in [0.15, 0.2) is 42.5 Å². The Morgan fingerprint density at radius 3 is 2.41 bits per heavy atom. The Hall–Kier alpha value is -2.66. The zero-order valence-electron chi connectivity index (χ0n) is 16.2. The molecule has 1 aliphatic rings. The summed E-state index contributed by atoms with van der Waals surface area (Å²) in [5, 5.41) is 5.67. The maximum absolute atomic E-state index is 12.6. The van der Waals surface area contributed by atoms with E-state index in [0.29, 0.717) is 24.7 Å². The fourth-order valence-electron chi connectivity index (χ4n) is 3.14. The van der Waals surface area contributed by atoms with E-state index >= 15 is 0 Å². The van der Waals surface area contributed by atoms with E-state index in [0.717, 1.165) is 35.2 Å². The van der Waals surface area contributed by atoms with Crippen LogP contribution in [0.5, 0.6) is 0 Å². The maximum Gasteiger partial charge on any atom is 0.251 e. The van der Waals surface area contributed by atoms with Crippen molar-refractivity contribution in [3.63, 3.8) is 0 Å². The Morgan fingerprint density at radius 1 is 1.07 bits per heavy atom. The van der Waals surface area contributed by atoms with E-state index in [2.05, 4.69) is 15.5 Å². The monoisotopic (exact) mass is 365 g/mol. The molecule has 1 fully saturated rings. The van der Waals surface area contributed by atoms with Crippen LogP contribution in [0.4, 0.5) is 5.69 Å². The molecule has 0 spiro atoms. The van der Waals surface area contributed by atoms with Gasteiger partial charge in [0.25, 0.3) is 5.91 Å². The second kappa shape index (κ2) is 8.35. The van der Waals surface area contributed by atoms with Crippen molar-refractivity contribution in [3.05, 3.63) is 64.7 Å². The van der Waals surface area contributed by atoms with Crippen LogP contribution in [0, 0.1) is 13.8 Å². The van der Waals surface area contributed by atoms with Crippen molar-refractivity contribution in [3.8, 4) is 0 Å². The Labute approximate surface area is 160 Å². The average Bonchev–Trinajstić information content (AvgIpc) is 3.49. The van der Waals surface area contributed by atoms with Gasteiger partial charge in [0.2, 0.25) is 5.91 Å². The van der Waals surface area contributed by atoms with Crippen LogP contribution in [0.2, 0.25) is 0 Å². The molecule has 5 nitrogen and oxygen atoms in total. The second-order valence-corrected chi connectivity index (χ2v) is 7.28. The highest BCUT2D eigenvalue weighted by atomic mass is 16.2. The van der Waals surface area contributed by atoms with Gasteiger partial charge in [0, 0.05) is 30.9 Å². The third-order valence-corrected chi connectivity index (χ3v) is 4.91. The number of benzene rings is 2. The highest BCUT2D eigenvalue weighted by molar-refractivity contribution is 5.94. The number of carbonyl (C=O) groups is 2. The highest BCUT2D eigenvalue weighted by Gasteiger charge is 2.30. The van der Waals surface area contributed by atoms with Crippen molar-refractivity contribution in [1.29, 1.82) is 0 Å². The van der Waals surface area contributed by atoms with Crippen molar-refractivity contribution in [2.75, 3.05) is 18.9 Å². The summed E-state index contributed by atoms with van der Waals surface area (Å²) < 4.78 is 0. The minimum atomic E-state index is -0.0894. The SMILES string of the molecule is CNC(=O)c1ccc(CN(CC(=O)Nc2cc(C)ccc2C)C2CC2)cc1. The molecule has 0 atom stereocenters. The summed E-state index contributed by atoms with van der Waals surface area (Å²) in [6.07, 6.45) is 2.26. The van der Waals surface area contributed by atoms with Gasteiger partial charge in [-0.15, -0.1) is 0 Å². The van der Waals surface area contributed by atoms with Crippen LogP contribution in [-0.4, -0.2) is 36.3 Å². The van der Waals surface area contributed by atoms with Crippen LogP contribution >= 0.6 is 0 Å². The summed E-state index contributed by atoms with van der Waals surface area (Å²) in [5.74, 6) is -0.0777. The van der Waals surface area contributed by atoms with Gasteiger partial charge in [0.1, 0.15) is 0 Å². The Bertz CT molecular complexity index is 826. The number of carbonyl (C=O) groups excluding carboxylic acids is 2. The van der Waals surface area contributed by atoms with E-state index in [1.165, 1.54) is 0 Å². The number of rotatable bonds is 7. The van der Waals surface area contributed by atoms with E-state index in [4.69, 9.17) is 0 Å². The molecule has 0 heterocycles. The molecule has 2 aromatic carbocycles. The summed E-state index contributed by atoms with van der Waals surface area (Å²) in [4.78, 5) is 26.5. The predicted octanol–water partition coefficient (Wildman–Crippen LogP) is 3.27. The Morgan fingerprint density at radius 2 is 1.78 bits per heavy atom. The van der Waals surface area contributed by atoms with Crippen LogP contribution in [0.1, 0.15) is 39.9 Å². The van der Waals surface area contributed by atoms with Crippen LogP contribution in [0.25, 0.3) is 0 Å². The summed E-state index contributed by atoms with van der Waals surface area (Å²) >= 11 is 0. The van der Waals surface area contributed by atoms with E-state index < -0.39 is 0 Å². The number of nitrogens with zero attached hydrogens (tertiary/aromatic N) is 1. The number of hydrogen-bond acceptors (Lipinski definition) is 3. The molecule has 5 heteroatoms. The smallest absolute Gasteiger partial charge is 0.251 e. The minimum Gasteiger partial charge on any atom is -0.355 e. The Balaban J connectivity index is 1.63. The van der Waals surface area contributed by atoms with E-state index in [1.807, 2.05) is 56.3 Å². The largest absolute Gasteiger partial charge is 0.355 e. The van der Waals surface area contributed by atoms with E-state index in [9.17, 15) is 9.59 Å². The average molecular weight is 365 g/mol. The molecule has 0 unspecified atom stereocenters. The third-order valence-electron chi connectivity index (χ3n) is 4.91. The van der Waals surface area contributed by atoms with Crippen molar-refractivity contribution < 1.29 is 9.59 Å². The molecule has 2 aromatic rings. The lowest BCUT2D eigenvalue weighted by atomic mass is 10.1. The number of nitrogens with one attached hydrogen (secondary N) is 2. The van der Waals surface area contributed by atoms with Crippen molar-refractivity contribution in [1.82, 2.24) is 10.2 Å². The number of anilines is 1. The van der Waals surface area contributed by atoms with Gasteiger partial charge in [-0.1, -0.05) is 24.3 Å². The molecule has 142 valence electrons. The lowest BCUT2D eigenvalue weighted by Gasteiger charge is -2.22. The van der Waals surface area contributed by atoms with Gasteiger partial charge in [0.15, 0.2) is 0 Å². The number of aryl methyl sites for hydroxylation is 2. The fourth-order valence-corrected chi connectivity index (χ4v) is 3.14. The van der Waals surface area contributed by atoms with Gasteiger partial charge in [-0.25, -0.2) is 0 Å². The van der Waals surface area contributed by atoms with Gasteiger partial charge in [0.05, 0.1) is 6.54 Å². The molecule has 3 rings (SSSR count). The second-order valence-electron chi connectivity index (χ2n) is 7.28. The maximum atomic E-state index is 12.6. The van der Waals surface area contributed by atoms with Gasteiger partial charge in [-0.2, -0.15) is 0 Å². The quantitative estimate of drug-likeness (QED) is 0.792. The molecule has 0 aromatic heterocycles. The predicted molar refractivity (Wildman–Crippen MR) is 108 cm³/mol. The third kappa shape index (κ3) is 5.17. The molecule has 27 heavy (non-hydrogen) atoms. The summed E-state index contributed by atoms with van der Waals surface area (Å²) in [5.41, 5.74) is 4.83. The topological polar surface area (TPSA) is 61.4 Å². The lowest BCUT2D eigenvalue weighted by Crippen LogP contribution is -2.34. The molecule has 1 aliphatic carbocycles. The zero-order valence-corrected chi connectivity index (χ0v) is 16.2. The Kier molecular flexibility index (Phi) is 5.91. The molecule has 0 radical (unpaired) electrons. The van der Waals surface area contributed by atoms with Gasteiger partial charge < -0.3 is 10.6 Å². The van der Waals surface area contributed by atoms with Crippen molar-refractivity contribution in [2.24, 2.45) is 0 Å². The van der Waals surface area contributed by atoms with Crippen LogP contribution < -0.4 is 10.6 Å². The molecule has 2 N–H and O–H groups in total. The van der Waals surface area contributed by atoms with Gasteiger partial charge >= 0.3 is 0 Å². The first-order valence-corrected chi connectivity index (χ1v) is 9.38. The van der Waals surface area contributed by atoms with Crippen molar-refractivity contribution in [2.45, 2.75) is 39.3 Å². The molecule has 0 saturated heterocycles. The minimum absolute atomic E-state index is 0.0116. The molecule has 0 bridgehead atoms. The number of hydrogen-bond donors (Lipinski definition) is 2. The summed E-state index contributed by atoms with van der Waals surface area (Å²) in [6, 6.07) is 14.1. The van der Waals surface area contributed by atoms with Crippen LogP contribution in [0.3, 0.4) is 0 Å². The summed E-state index contributed by atoms with van der Waals surface area (Å²) in [7, 11) is 1.62. The van der Waals surface area contributed by atoms with Gasteiger partial charge in [-0.05, 0) is 61.6 Å². The normalized spacial score (nSPS) is 13.5. The van der Waals surface area contributed by atoms with Gasteiger partial charge in [-0.3, -0.25) is 14.5 Å². The molecular formula is C22H27N3O2. The lowest BCUT2D eigenvalue weighted by molar-refractivity contribution is -0.117. The highest BCUT2D eigenvalue weighted by Crippen LogP contribution is 2.28. The first-order chi connectivity index (χ1) is 13.0. The fraction of sp³-hybridized carbons (Fsp3) is 0.364. The molecule has 0 aliphatic heterocycles. The molecular weight excluding hydrogens is 338 g/mol. The van der Waals surface area contributed by atoms with E-state index in [1.54, 1.807) is 7.05 Å². The first-order valence-electron chi connectivity index (χ1n) is 9.38. The van der Waals surface area contributed by atoms with Crippen LogP contribution in [-0.2, 0) is 11.3 Å². The van der Waals surface area contributed by atoms with Crippen molar-refractivity contribution >= 4 is 17.5 Å². The molecule has 1 saturated carbocycles. The zero-order chi connectivity index (χ0) is 19.4. The summed E-state index contributed by atoms with van der Waals surface area (Å²) in [6.45, 7) is 5.10. The molecule has 2 amide bonds. The van der Waals surface area contributed by atoms with E-state index in [-0.39, 0.29) is 11.8 Å².